The molecule has 5 heteroatoms. The van der Waals surface area contributed by atoms with Gasteiger partial charge in [0, 0.05) is 11.7 Å². The predicted molar refractivity (Wildman–Crippen MR) is 65.5 cm³/mol. The van der Waals surface area contributed by atoms with Crippen molar-refractivity contribution in [2.45, 2.75) is 38.1 Å². The summed E-state index contributed by atoms with van der Waals surface area (Å²) in [5.74, 6) is -1.53. The fourth-order valence-electron chi connectivity index (χ4n) is 2.23. The Bertz CT molecular complexity index is 475. The van der Waals surface area contributed by atoms with Gasteiger partial charge < -0.3 is 10.4 Å². The highest BCUT2D eigenvalue weighted by Gasteiger charge is 2.37. The van der Waals surface area contributed by atoms with Crippen LogP contribution in [0, 0.1) is 0 Å². The maximum Gasteiger partial charge on any atom is 0.338 e. The molecule has 1 fully saturated rings. The van der Waals surface area contributed by atoms with Crippen LogP contribution in [0.1, 0.15) is 53.5 Å². The van der Waals surface area contributed by atoms with Crippen LogP contribution in [0.5, 0.6) is 0 Å². The van der Waals surface area contributed by atoms with Gasteiger partial charge in [-0.25, -0.2) is 4.79 Å². The Morgan fingerprint density at radius 2 is 2.22 bits per heavy atom. The van der Waals surface area contributed by atoms with E-state index in [1.54, 1.807) is 0 Å². The first-order chi connectivity index (χ1) is 8.58. The molecule has 18 heavy (non-hydrogen) atoms. The fraction of sp³-hybridized carbons (Fsp3) is 0.462. The number of hydrogen-bond donors (Lipinski definition) is 2. The summed E-state index contributed by atoms with van der Waals surface area (Å²) in [4.78, 5) is 27.0. The Balaban J connectivity index is 2.21. The lowest BCUT2D eigenvalue weighted by Gasteiger charge is -2.41. The van der Waals surface area contributed by atoms with E-state index in [1.807, 2.05) is 6.92 Å². The molecule has 1 aliphatic carbocycles. The Morgan fingerprint density at radius 3 is 2.72 bits per heavy atom. The number of aromatic carboxylic acids is 1. The Hall–Kier alpha value is -1.91. The van der Waals surface area contributed by atoms with E-state index in [4.69, 9.17) is 5.11 Å². The van der Waals surface area contributed by atoms with Gasteiger partial charge in [-0.1, -0.05) is 6.92 Å². The molecule has 0 atom stereocenters. The van der Waals surface area contributed by atoms with E-state index >= 15 is 0 Å². The molecule has 1 aliphatic rings. The molecular formula is C13H16N2O3. The van der Waals surface area contributed by atoms with Gasteiger partial charge in [-0.3, -0.25) is 9.78 Å². The maximum atomic E-state index is 12.1. The third-order valence-electron chi connectivity index (χ3n) is 3.62. The molecular weight excluding hydrogens is 232 g/mol. The lowest BCUT2D eigenvalue weighted by atomic mass is 9.75. The molecule has 0 unspecified atom stereocenters. The van der Waals surface area contributed by atoms with Gasteiger partial charge in [-0.15, -0.1) is 0 Å². The van der Waals surface area contributed by atoms with Gasteiger partial charge in [-0.05, 0) is 37.8 Å². The van der Waals surface area contributed by atoms with Crippen molar-refractivity contribution in [3.05, 3.63) is 29.6 Å². The molecule has 0 bridgehead atoms. The van der Waals surface area contributed by atoms with Crippen LogP contribution >= 0.6 is 0 Å². The summed E-state index contributed by atoms with van der Waals surface area (Å²) in [6, 6.07) is 2.91. The average Bonchev–Trinajstić information content (AvgIpc) is 2.33. The number of rotatable bonds is 4. The van der Waals surface area contributed by atoms with E-state index in [9.17, 15) is 9.59 Å². The minimum atomic E-state index is -1.13. The highest BCUT2D eigenvalue weighted by molar-refractivity contribution is 6.03. The van der Waals surface area contributed by atoms with E-state index in [1.165, 1.54) is 18.3 Å². The van der Waals surface area contributed by atoms with Gasteiger partial charge >= 0.3 is 5.97 Å². The minimum Gasteiger partial charge on any atom is -0.478 e. The second-order valence-electron chi connectivity index (χ2n) is 4.65. The number of hydrogen-bond acceptors (Lipinski definition) is 3. The summed E-state index contributed by atoms with van der Waals surface area (Å²) >= 11 is 0. The molecule has 1 saturated carbocycles. The molecule has 0 spiro atoms. The molecule has 1 amide bonds. The van der Waals surface area contributed by atoms with Crippen LogP contribution in [-0.2, 0) is 0 Å². The second kappa shape index (κ2) is 4.76. The standard InChI is InChI=1S/C13H16N2O3/c1-2-13(6-4-7-13)15-11(16)10-9(12(17)18)5-3-8-14-10/h3,5,8H,2,4,6-7H2,1H3,(H,15,16)(H,17,18). The summed E-state index contributed by atoms with van der Waals surface area (Å²) in [6.07, 6.45) is 5.28. The number of amides is 1. The number of pyridine rings is 1. The van der Waals surface area contributed by atoms with Crippen molar-refractivity contribution in [2.75, 3.05) is 0 Å². The van der Waals surface area contributed by atoms with Gasteiger partial charge in [0.05, 0.1) is 5.56 Å². The summed E-state index contributed by atoms with van der Waals surface area (Å²) in [6.45, 7) is 2.02. The smallest absolute Gasteiger partial charge is 0.338 e. The SMILES string of the molecule is CCC1(NC(=O)c2ncccc2C(=O)O)CCC1. The highest BCUT2D eigenvalue weighted by atomic mass is 16.4. The second-order valence-corrected chi connectivity index (χ2v) is 4.65. The molecule has 96 valence electrons. The molecule has 2 rings (SSSR count). The first-order valence-electron chi connectivity index (χ1n) is 6.09. The van der Waals surface area contributed by atoms with Gasteiger partial charge in [-0.2, -0.15) is 0 Å². The zero-order valence-corrected chi connectivity index (χ0v) is 10.3. The van der Waals surface area contributed by atoms with Gasteiger partial charge in [0.1, 0.15) is 5.69 Å². The lowest BCUT2D eigenvalue weighted by molar-refractivity contribution is 0.0683. The van der Waals surface area contributed by atoms with Crippen LogP contribution in [0.4, 0.5) is 0 Å². The van der Waals surface area contributed by atoms with E-state index in [2.05, 4.69) is 10.3 Å². The lowest BCUT2D eigenvalue weighted by Crippen LogP contribution is -2.53. The van der Waals surface area contributed by atoms with Crippen molar-refractivity contribution < 1.29 is 14.7 Å². The third kappa shape index (κ3) is 2.20. The van der Waals surface area contributed by atoms with Crippen molar-refractivity contribution in [1.82, 2.24) is 10.3 Å². The molecule has 2 N–H and O–H groups in total. The molecule has 0 aliphatic heterocycles. The number of nitrogens with zero attached hydrogens (tertiary/aromatic N) is 1. The number of carbonyl (C=O) groups is 2. The van der Waals surface area contributed by atoms with E-state index in [0.29, 0.717) is 0 Å². The number of aromatic nitrogens is 1. The maximum absolute atomic E-state index is 12.1. The average molecular weight is 248 g/mol. The molecule has 0 saturated heterocycles. The zero-order chi connectivity index (χ0) is 13.2. The quantitative estimate of drug-likeness (QED) is 0.852. The van der Waals surface area contributed by atoms with Crippen molar-refractivity contribution in [3.63, 3.8) is 0 Å². The summed E-state index contributed by atoms with van der Waals surface area (Å²) in [5, 5.41) is 11.9. The summed E-state index contributed by atoms with van der Waals surface area (Å²) in [7, 11) is 0. The first kappa shape index (κ1) is 12.5. The first-order valence-corrected chi connectivity index (χ1v) is 6.09. The van der Waals surface area contributed by atoms with Crippen LogP contribution in [0.15, 0.2) is 18.3 Å². The van der Waals surface area contributed by atoms with Crippen LogP contribution in [0.25, 0.3) is 0 Å². The Labute approximate surface area is 105 Å². The van der Waals surface area contributed by atoms with E-state index < -0.39 is 11.9 Å². The van der Waals surface area contributed by atoms with Crippen LogP contribution in [0.2, 0.25) is 0 Å². The molecule has 0 aromatic carbocycles. The molecule has 5 nitrogen and oxygen atoms in total. The van der Waals surface area contributed by atoms with Gasteiger partial charge in [0.25, 0.3) is 5.91 Å². The summed E-state index contributed by atoms with van der Waals surface area (Å²) in [5.41, 5.74) is -0.227. The van der Waals surface area contributed by atoms with Gasteiger partial charge in [0.15, 0.2) is 0 Å². The minimum absolute atomic E-state index is 0.00951. The van der Waals surface area contributed by atoms with Crippen molar-refractivity contribution in [3.8, 4) is 0 Å². The topological polar surface area (TPSA) is 79.3 Å². The van der Waals surface area contributed by atoms with E-state index in [0.717, 1.165) is 25.7 Å². The monoisotopic (exact) mass is 248 g/mol. The third-order valence-corrected chi connectivity index (χ3v) is 3.62. The number of carbonyl (C=O) groups excluding carboxylic acids is 1. The predicted octanol–water partition coefficient (Wildman–Crippen LogP) is 1.84. The highest BCUT2D eigenvalue weighted by Crippen LogP contribution is 2.34. The Kier molecular flexibility index (Phi) is 3.32. The molecule has 1 aromatic heterocycles. The molecule has 1 heterocycles. The van der Waals surface area contributed by atoms with Crippen LogP contribution in [-0.4, -0.2) is 27.5 Å². The number of carboxylic acids is 1. The van der Waals surface area contributed by atoms with E-state index in [-0.39, 0.29) is 16.8 Å². The van der Waals surface area contributed by atoms with Crippen LogP contribution in [0.3, 0.4) is 0 Å². The van der Waals surface area contributed by atoms with Crippen LogP contribution < -0.4 is 5.32 Å². The fourth-order valence-corrected chi connectivity index (χ4v) is 2.23. The molecule has 0 radical (unpaired) electrons. The number of nitrogens with one attached hydrogen (secondary N) is 1. The Morgan fingerprint density at radius 1 is 1.50 bits per heavy atom. The summed E-state index contributed by atoms with van der Waals surface area (Å²) < 4.78 is 0. The van der Waals surface area contributed by atoms with Gasteiger partial charge in [0.2, 0.25) is 0 Å². The van der Waals surface area contributed by atoms with Crippen molar-refractivity contribution in [2.24, 2.45) is 0 Å². The van der Waals surface area contributed by atoms with Crippen molar-refractivity contribution in [1.29, 1.82) is 0 Å². The zero-order valence-electron chi connectivity index (χ0n) is 10.3. The molecule has 1 aromatic rings. The largest absolute Gasteiger partial charge is 0.478 e. The van der Waals surface area contributed by atoms with Crippen molar-refractivity contribution >= 4 is 11.9 Å². The number of carboxylic acid groups (broad SMARTS) is 1. The normalized spacial score (nSPS) is 16.7.